The van der Waals surface area contributed by atoms with Gasteiger partial charge >= 0.3 is 0 Å². The number of benzene rings is 2. The van der Waals surface area contributed by atoms with Crippen molar-refractivity contribution in [3.05, 3.63) is 48.5 Å². The molecule has 1 aliphatic heterocycles. The Balaban J connectivity index is 1.38. The van der Waals surface area contributed by atoms with Gasteiger partial charge in [0.15, 0.2) is 5.16 Å². The summed E-state index contributed by atoms with van der Waals surface area (Å²) in [5, 5.41) is 3.82. The van der Waals surface area contributed by atoms with E-state index < -0.39 is 0 Å². The minimum Gasteiger partial charge on any atom is -0.383 e. The van der Waals surface area contributed by atoms with Crippen LogP contribution in [0.3, 0.4) is 0 Å². The molecule has 6 nitrogen and oxygen atoms in total. The monoisotopic (exact) mass is 410 g/mol. The number of nitrogens with one attached hydrogen (secondary N) is 1. The fourth-order valence-corrected chi connectivity index (χ4v) is 4.46. The number of thioether (sulfide) groups is 1. The average Bonchev–Trinajstić information content (AvgIpc) is 3.39. The summed E-state index contributed by atoms with van der Waals surface area (Å²) in [6, 6.07) is 16.1. The first-order valence-corrected chi connectivity index (χ1v) is 10.9. The molecule has 1 N–H and O–H groups in total. The van der Waals surface area contributed by atoms with E-state index in [-0.39, 0.29) is 5.91 Å². The van der Waals surface area contributed by atoms with Gasteiger partial charge in [0, 0.05) is 38.1 Å². The smallest absolute Gasteiger partial charge is 0.234 e. The Bertz CT molecular complexity index is 965. The number of carbonyl (C=O) groups is 1. The van der Waals surface area contributed by atoms with Crippen molar-refractivity contribution in [2.24, 2.45) is 0 Å². The van der Waals surface area contributed by atoms with Crippen molar-refractivity contribution in [2.75, 3.05) is 42.8 Å². The number of ether oxygens (including phenoxy) is 1. The number of anilines is 2. The van der Waals surface area contributed by atoms with Crippen molar-refractivity contribution in [1.82, 2.24) is 9.55 Å². The van der Waals surface area contributed by atoms with Gasteiger partial charge in [-0.15, -0.1) is 0 Å². The van der Waals surface area contributed by atoms with E-state index in [0.717, 1.165) is 35.0 Å². The first kappa shape index (κ1) is 19.8. The molecule has 0 atom stereocenters. The molecule has 0 bridgehead atoms. The molecule has 29 heavy (non-hydrogen) atoms. The maximum absolute atomic E-state index is 12.5. The maximum Gasteiger partial charge on any atom is 0.234 e. The van der Waals surface area contributed by atoms with Crippen molar-refractivity contribution >= 4 is 40.1 Å². The zero-order chi connectivity index (χ0) is 20.1. The van der Waals surface area contributed by atoms with Gasteiger partial charge in [0.1, 0.15) is 0 Å². The van der Waals surface area contributed by atoms with E-state index in [1.165, 1.54) is 30.3 Å². The summed E-state index contributed by atoms with van der Waals surface area (Å²) in [5.41, 5.74) is 4.04. The van der Waals surface area contributed by atoms with Crippen LogP contribution in [0.4, 0.5) is 11.4 Å². The number of methoxy groups -OCH3 is 1. The topological polar surface area (TPSA) is 59.4 Å². The summed E-state index contributed by atoms with van der Waals surface area (Å²) in [6.45, 7) is 3.54. The normalized spacial score (nSPS) is 13.9. The number of para-hydroxylation sites is 2. The molecule has 1 amide bonds. The highest BCUT2D eigenvalue weighted by atomic mass is 32.2. The molecule has 3 aromatic rings. The lowest BCUT2D eigenvalue weighted by Gasteiger charge is -2.17. The third-order valence-electron chi connectivity index (χ3n) is 5.09. The summed E-state index contributed by atoms with van der Waals surface area (Å²) in [6.07, 6.45) is 2.51. The molecule has 1 aromatic heterocycles. The van der Waals surface area contributed by atoms with E-state index >= 15 is 0 Å². The number of nitrogens with zero attached hydrogens (tertiary/aromatic N) is 3. The Hall–Kier alpha value is -2.51. The van der Waals surface area contributed by atoms with Crippen LogP contribution in [0.15, 0.2) is 53.7 Å². The van der Waals surface area contributed by atoms with Crippen LogP contribution >= 0.6 is 11.8 Å². The third-order valence-corrected chi connectivity index (χ3v) is 6.07. The molecule has 4 rings (SSSR count). The predicted molar refractivity (Wildman–Crippen MR) is 119 cm³/mol. The Morgan fingerprint density at radius 1 is 1.14 bits per heavy atom. The number of carbonyl (C=O) groups excluding carboxylic acids is 1. The fraction of sp³-hybridized carbons (Fsp3) is 0.364. The van der Waals surface area contributed by atoms with Gasteiger partial charge in [0.2, 0.25) is 5.91 Å². The lowest BCUT2D eigenvalue weighted by atomic mass is 10.2. The van der Waals surface area contributed by atoms with Crippen LogP contribution in [0, 0.1) is 0 Å². The molecule has 2 aromatic carbocycles. The molecule has 0 saturated carbocycles. The second-order valence-corrected chi connectivity index (χ2v) is 8.05. The second kappa shape index (κ2) is 9.33. The van der Waals surface area contributed by atoms with Gasteiger partial charge in [-0.25, -0.2) is 4.98 Å². The quantitative estimate of drug-likeness (QED) is 0.569. The van der Waals surface area contributed by atoms with E-state index in [2.05, 4.69) is 31.9 Å². The van der Waals surface area contributed by atoms with Crippen molar-refractivity contribution in [3.63, 3.8) is 0 Å². The van der Waals surface area contributed by atoms with Gasteiger partial charge < -0.3 is 19.5 Å². The van der Waals surface area contributed by atoms with Crippen LogP contribution < -0.4 is 10.2 Å². The molecule has 2 heterocycles. The first-order valence-electron chi connectivity index (χ1n) is 9.96. The molecule has 1 aliphatic rings. The zero-order valence-electron chi connectivity index (χ0n) is 16.6. The van der Waals surface area contributed by atoms with Gasteiger partial charge in [-0.1, -0.05) is 23.9 Å². The SMILES string of the molecule is COCCn1c(SCC(=O)Nc2ccc(N3CCCC3)cc2)nc2ccccc21. The van der Waals surface area contributed by atoms with E-state index in [1.54, 1.807) is 7.11 Å². The Labute approximate surface area is 175 Å². The number of fused-ring (bicyclic) bond motifs is 1. The van der Waals surface area contributed by atoms with Crippen molar-refractivity contribution in [1.29, 1.82) is 0 Å². The average molecular weight is 411 g/mol. The van der Waals surface area contributed by atoms with E-state index in [9.17, 15) is 4.79 Å². The molecular weight excluding hydrogens is 384 g/mol. The number of aromatic nitrogens is 2. The number of imidazole rings is 1. The van der Waals surface area contributed by atoms with Crippen LogP contribution in [0.1, 0.15) is 12.8 Å². The molecule has 1 fully saturated rings. The van der Waals surface area contributed by atoms with Gasteiger partial charge in [0.05, 0.1) is 23.4 Å². The standard InChI is InChI=1S/C22H26N4O2S/c1-28-15-14-26-20-7-3-2-6-19(20)24-22(26)29-16-21(27)23-17-8-10-18(11-9-17)25-12-4-5-13-25/h2-3,6-11H,4-5,12-16H2,1H3,(H,23,27). The molecule has 0 radical (unpaired) electrons. The Morgan fingerprint density at radius 3 is 2.66 bits per heavy atom. The van der Waals surface area contributed by atoms with Crippen LogP contribution in [0.5, 0.6) is 0 Å². The first-order chi connectivity index (χ1) is 14.2. The van der Waals surface area contributed by atoms with Gasteiger partial charge in [-0.2, -0.15) is 0 Å². The van der Waals surface area contributed by atoms with Crippen molar-refractivity contribution in [3.8, 4) is 0 Å². The molecule has 0 spiro atoms. The Kier molecular flexibility index (Phi) is 6.36. The van der Waals surface area contributed by atoms with E-state index in [4.69, 9.17) is 4.74 Å². The minimum absolute atomic E-state index is 0.0331. The zero-order valence-corrected chi connectivity index (χ0v) is 17.5. The number of hydrogen-bond acceptors (Lipinski definition) is 5. The number of hydrogen-bond donors (Lipinski definition) is 1. The molecule has 152 valence electrons. The van der Waals surface area contributed by atoms with Crippen molar-refractivity contribution in [2.45, 2.75) is 24.5 Å². The highest BCUT2D eigenvalue weighted by Crippen LogP contribution is 2.25. The summed E-state index contributed by atoms with van der Waals surface area (Å²) >= 11 is 1.45. The molecule has 0 unspecified atom stereocenters. The number of amides is 1. The predicted octanol–water partition coefficient (Wildman–Crippen LogP) is 4.01. The number of rotatable bonds is 8. The second-order valence-electron chi connectivity index (χ2n) is 7.11. The van der Waals surface area contributed by atoms with Crippen LogP contribution in [0.25, 0.3) is 11.0 Å². The van der Waals surface area contributed by atoms with Gasteiger partial charge in [-0.3, -0.25) is 4.79 Å². The molecule has 7 heteroatoms. The summed E-state index contributed by atoms with van der Waals surface area (Å²) in [4.78, 5) is 19.5. The summed E-state index contributed by atoms with van der Waals surface area (Å²) < 4.78 is 7.34. The van der Waals surface area contributed by atoms with E-state index in [1.807, 2.05) is 36.4 Å². The molecule has 1 saturated heterocycles. The van der Waals surface area contributed by atoms with Crippen LogP contribution in [-0.4, -0.2) is 48.0 Å². The highest BCUT2D eigenvalue weighted by Gasteiger charge is 2.14. The minimum atomic E-state index is -0.0331. The summed E-state index contributed by atoms with van der Waals surface area (Å²) in [5.74, 6) is 0.277. The van der Waals surface area contributed by atoms with Crippen LogP contribution in [0.2, 0.25) is 0 Å². The highest BCUT2D eigenvalue weighted by molar-refractivity contribution is 7.99. The summed E-state index contributed by atoms with van der Waals surface area (Å²) in [7, 11) is 1.69. The van der Waals surface area contributed by atoms with Crippen LogP contribution in [-0.2, 0) is 16.1 Å². The third kappa shape index (κ3) is 4.74. The van der Waals surface area contributed by atoms with E-state index in [0.29, 0.717) is 18.9 Å². The maximum atomic E-state index is 12.5. The van der Waals surface area contributed by atoms with Gasteiger partial charge in [0.25, 0.3) is 0 Å². The molecular formula is C22H26N4O2S. The molecule has 0 aliphatic carbocycles. The van der Waals surface area contributed by atoms with Gasteiger partial charge in [-0.05, 0) is 49.2 Å². The fourth-order valence-electron chi connectivity index (χ4n) is 3.62. The lowest BCUT2D eigenvalue weighted by Crippen LogP contribution is -2.18. The Morgan fingerprint density at radius 2 is 1.90 bits per heavy atom. The largest absolute Gasteiger partial charge is 0.383 e. The van der Waals surface area contributed by atoms with Crippen molar-refractivity contribution < 1.29 is 9.53 Å². The lowest BCUT2D eigenvalue weighted by molar-refractivity contribution is -0.113.